The second-order valence-electron chi connectivity index (χ2n) is 4.01. The van der Waals surface area contributed by atoms with Crippen LogP contribution >= 0.6 is 0 Å². The van der Waals surface area contributed by atoms with E-state index in [0.29, 0.717) is 6.42 Å². The Hall–Kier alpha value is -2.11. The molecule has 0 saturated heterocycles. The Morgan fingerprint density at radius 2 is 2.05 bits per heavy atom. The van der Waals surface area contributed by atoms with E-state index in [9.17, 15) is 14.0 Å². The summed E-state index contributed by atoms with van der Waals surface area (Å²) in [5, 5.41) is 11.0. The van der Waals surface area contributed by atoms with Crippen LogP contribution in [-0.2, 0) is 9.59 Å². The number of hydrogen-bond acceptors (Lipinski definition) is 3. The maximum atomic E-state index is 13.4. The van der Waals surface area contributed by atoms with Gasteiger partial charge in [0, 0.05) is 0 Å². The Kier molecular flexibility index (Phi) is 5.29. The molecule has 0 aliphatic carbocycles. The maximum absolute atomic E-state index is 13.4. The summed E-state index contributed by atoms with van der Waals surface area (Å²) in [6.45, 7) is 3.03. The molecule has 1 amide bonds. The van der Waals surface area contributed by atoms with Crippen molar-refractivity contribution in [2.75, 3.05) is 0 Å². The van der Waals surface area contributed by atoms with Crippen LogP contribution in [0.1, 0.15) is 20.3 Å². The van der Waals surface area contributed by atoms with Gasteiger partial charge in [-0.2, -0.15) is 0 Å². The van der Waals surface area contributed by atoms with E-state index >= 15 is 0 Å². The lowest BCUT2D eigenvalue weighted by atomic mass is 10.2. The van der Waals surface area contributed by atoms with Gasteiger partial charge in [0.05, 0.1) is 0 Å². The first-order valence-corrected chi connectivity index (χ1v) is 5.90. The van der Waals surface area contributed by atoms with Crippen molar-refractivity contribution in [2.24, 2.45) is 0 Å². The van der Waals surface area contributed by atoms with Gasteiger partial charge in [0.1, 0.15) is 6.04 Å². The van der Waals surface area contributed by atoms with Crippen molar-refractivity contribution in [3.05, 3.63) is 30.1 Å². The number of para-hydroxylation sites is 1. The van der Waals surface area contributed by atoms with E-state index in [4.69, 9.17) is 9.84 Å². The van der Waals surface area contributed by atoms with Crippen LogP contribution in [0.5, 0.6) is 5.75 Å². The Bertz CT molecular complexity index is 464. The van der Waals surface area contributed by atoms with Crippen LogP contribution < -0.4 is 10.1 Å². The van der Waals surface area contributed by atoms with E-state index in [-0.39, 0.29) is 5.75 Å². The molecule has 0 aliphatic heterocycles. The lowest BCUT2D eigenvalue weighted by Gasteiger charge is -2.19. The van der Waals surface area contributed by atoms with Crippen molar-refractivity contribution < 1.29 is 23.8 Å². The highest BCUT2D eigenvalue weighted by atomic mass is 19.1. The van der Waals surface area contributed by atoms with Crippen LogP contribution in [-0.4, -0.2) is 29.1 Å². The first-order valence-electron chi connectivity index (χ1n) is 5.90. The first-order chi connectivity index (χ1) is 8.95. The molecule has 19 heavy (non-hydrogen) atoms. The lowest BCUT2D eigenvalue weighted by Crippen LogP contribution is -2.45. The fourth-order valence-corrected chi connectivity index (χ4v) is 1.38. The van der Waals surface area contributed by atoms with E-state index in [2.05, 4.69) is 5.32 Å². The van der Waals surface area contributed by atoms with Gasteiger partial charge in [-0.05, 0) is 25.5 Å². The number of carbonyl (C=O) groups excluding carboxylic acids is 1. The second-order valence-corrected chi connectivity index (χ2v) is 4.01. The number of carboxylic acid groups (broad SMARTS) is 1. The van der Waals surface area contributed by atoms with E-state index in [1.54, 1.807) is 13.0 Å². The van der Waals surface area contributed by atoms with E-state index in [1.165, 1.54) is 25.1 Å². The van der Waals surface area contributed by atoms with Crippen LogP contribution in [0, 0.1) is 5.82 Å². The monoisotopic (exact) mass is 269 g/mol. The molecule has 6 heteroatoms. The molecule has 0 aromatic heterocycles. The number of carbonyl (C=O) groups is 2. The highest BCUT2D eigenvalue weighted by Gasteiger charge is 2.23. The van der Waals surface area contributed by atoms with Gasteiger partial charge in [-0.25, -0.2) is 4.39 Å². The predicted octanol–water partition coefficient (Wildman–Crippen LogP) is 1.57. The predicted molar refractivity (Wildman–Crippen MR) is 66.3 cm³/mol. The molecule has 0 aliphatic rings. The van der Waals surface area contributed by atoms with Crippen LogP contribution in [0.25, 0.3) is 0 Å². The molecule has 1 aromatic carbocycles. The number of ether oxygens (including phenoxy) is 1. The minimum Gasteiger partial charge on any atom is -0.480 e. The largest absolute Gasteiger partial charge is 0.480 e. The Balaban J connectivity index is 2.71. The third kappa shape index (κ3) is 4.24. The smallest absolute Gasteiger partial charge is 0.325 e. The van der Waals surface area contributed by atoms with Gasteiger partial charge in [-0.3, -0.25) is 9.59 Å². The topological polar surface area (TPSA) is 75.6 Å². The fraction of sp³-hybridized carbons (Fsp3) is 0.385. The number of amides is 1. The minimum absolute atomic E-state index is 0.0347. The number of nitrogens with one attached hydrogen (secondary N) is 1. The first kappa shape index (κ1) is 14.9. The van der Waals surface area contributed by atoms with Gasteiger partial charge < -0.3 is 15.2 Å². The third-order valence-electron chi connectivity index (χ3n) is 2.50. The molecule has 104 valence electrons. The zero-order valence-electron chi connectivity index (χ0n) is 10.7. The molecule has 1 aromatic rings. The van der Waals surface area contributed by atoms with Gasteiger partial charge in [0.15, 0.2) is 17.7 Å². The molecule has 0 saturated carbocycles. The molecule has 1 rings (SSSR count). The van der Waals surface area contributed by atoms with E-state index in [1.807, 2.05) is 0 Å². The summed E-state index contributed by atoms with van der Waals surface area (Å²) in [6.07, 6.45) is -0.634. The van der Waals surface area contributed by atoms with Crippen molar-refractivity contribution in [1.82, 2.24) is 5.32 Å². The highest BCUT2D eigenvalue weighted by molar-refractivity contribution is 5.86. The molecule has 5 nitrogen and oxygen atoms in total. The summed E-state index contributed by atoms with van der Waals surface area (Å²) in [5.41, 5.74) is 0. The average molecular weight is 269 g/mol. The Morgan fingerprint density at radius 1 is 1.42 bits per heavy atom. The molecular formula is C13H16FNO4. The van der Waals surface area contributed by atoms with Gasteiger partial charge in [0.25, 0.3) is 5.91 Å². The van der Waals surface area contributed by atoms with Gasteiger partial charge in [0.2, 0.25) is 0 Å². The van der Waals surface area contributed by atoms with Gasteiger partial charge in [-0.1, -0.05) is 19.1 Å². The van der Waals surface area contributed by atoms with Crippen molar-refractivity contribution in [3.8, 4) is 5.75 Å². The van der Waals surface area contributed by atoms with Crippen LogP contribution in [0.15, 0.2) is 24.3 Å². The van der Waals surface area contributed by atoms with Crippen molar-refractivity contribution in [2.45, 2.75) is 32.4 Å². The van der Waals surface area contributed by atoms with Crippen LogP contribution in [0.4, 0.5) is 4.39 Å². The van der Waals surface area contributed by atoms with Gasteiger partial charge >= 0.3 is 5.97 Å². The average Bonchev–Trinajstić information content (AvgIpc) is 2.37. The number of carboxylic acids is 1. The summed E-state index contributed by atoms with van der Waals surface area (Å²) in [5.74, 6) is -2.33. The zero-order chi connectivity index (χ0) is 14.4. The summed E-state index contributed by atoms with van der Waals surface area (Å²) in [6, 6.07) is 4.70. The molecule has 0 spiro atoms. The minimum atomic E-state index is -1.14. The zero-order valence-corrected chi connectivity index (χ0v) is 10.7. The number of halogens is 1. The van der Waals surface area contributed by atoms with E-state index in [0.717, 1.165) is 0 Å². The molecule has 0 radical (unpaired) electrons. The number of rotatable bonds is 6. The Labute approximate surface area is 110 Å². The second kappa shape index (κ2) is 6.72. The molecular weight excluding hydrogens is 253 g/mol. The SMILES string of the molecule is CCC(Oc1ccccc1F)C(=O)N[C@@H](C)C(=O)O. The maximum Gasteiger partial charge on any atom is 0.325 e. The standard InChI is InChI=1S/C13H16FNO4/c1-3-10(12(16)15-8(2)13(17)18)19-11-7-5-4-6-9(11)14/h4-8,10H,3H2,1-2H3,(H,15,16)(H,17,18)/t8-,10?/m0/s1. The number of aliphatic carboxylic acids is 1. The van der Waals surface area contributed by atoms with Gasteiger partial charge in [-0.15, -0.1) is 0 Å². The van der Waals surface area contributed by atoms with Crippen molar-refractivity contribution in [1.29, 1.82) is 0 Å². The summed E-state index contributed by atoms with van der Waals surface area (Å²) in [4.78, 5) is 22.4. The highest BCUT2D eigenvalue weighted by Crippen LogP contribution is 2.18. The normalized spacial score (nSPS) is 13.4. The summed E-state index contributed by atoms with van der Waals surface area (Å²) < 4.78 is 18.6. The fourth-order valence-electron chi connectivity index (χ4n) is 1.38. The molecule has 0 bridgehead atoms. The summed E-state index contributed by atoms with van der Waals surface area (Å²) >= 11 is 0. The third-order valence-corrected chi connectivity index (χ3v) is 2.50. The summed E-state index contributed by atoms with van der Waals surface area (Å²) in [7, 11) is 0. The molecule has 0 heterocycles. The number of benzene rings is 1. The Morgan fingerprint density at radius 3 is 2.58 bits per heavy atom. The molecule has 2 atom stereocenters. The van der Waals surface area contributed by atoms with Crippen molar-refractivity contribution in [3.63, 3.8) is 0 Å². The quantitative estimate of drug-likeness (QED) is 0.822. The number of hydrogen-bond donors (Lipinski definition) is 2. The van der Waals surface area contributed by atoms with Crippen LogP contribution in [0.2, 0.25) is 0 Å². The molecule has 0 fully saturated rings. The molecule has 2 N–H and O–H groups in total. The van der Waals surface area contributed by atoms with Crippen LogP contribution in [0.3, 0.4) is 0 Å². The lowest BCUT2D eigenvalue weighted by molar-refractivity contribution is -0.142. The van der Waals surface area contributed by atoms with E-state index < -0.39 is 29.8 Å². The van der Waals surface area contributed by atoms with Crippen molar-refractivity contribution >= 4 is 11.9 Å². The molecule has 1 unspecified atom stereocenters.